The van der Waals surface area contributed by atoms with Crippen LogP contribution < -0.4 is 14.2 Å². The lowest BCUT2D eigenvalue weighted by Crippen LogP contribution is -2.23. The first kappa shape index (κ1) is 19.9. The molecule has 28 heavy (non-hydrogen) atoms. The van der Waals surface area contributed by atoms with Crippen LogP contribution in [0.5, 0.6) is 11.5 Å². The first-order valence-corrected chi connectivity index (χ1v) is 10.3. The molecule has 1 heterocycles. The topological polar surface area (TPSA) is 82.5 Å². The van der Waals surface area contributed by atoms with Crippen molar-refractivity contribution in [1.29, 1.82) is 0 Å². The maximum atomic E-state index is 12.7. The summed E-state index contributed by atoms with van der Waals surface area (Å²) in [6, 6.07) is 12.8. The summed E-state index contributed by atoms with van der Waals surface area (Å²) in [5, 5.41) is 4.43. The molecule has 1 N–H and O–H groups in total. The van der Waals surface area contributed by atoms with Crippen LogP contribution in [0, 0.1) is 6.92 Å². The van der Waals surface area contributed by atoms with Crippen LogP contribution in [0.2, 0.25) is 0 Å². The van der Waals surface area contributed by atoms with E-state index >= 15 is 0 Å². The van der Waals surface area contributed by atoms with Crippen molar-refractivity contribution in [2.45, 2.75) is 18.7 Å². The summed E-state index contributed by atoms with van der Waals surface area (Å²) in [6.45, 7) is 3.99. The van der Waals surface area contributed by atoms with Crippen molar-refractivity contribution in [3.05, 3.63) is 54.2 Å². The Morgan fingerprint density at radius 2 is 1.79 bits per heavy atom. The Balaban J connectivity index is 2.27. The van der Waals surface area contributed by atoms with Crippen molar-refractivity contribution in [3.8, 4) is 28.4 Å². The average molecular weight is 401 g/mol. The van der Waals surface area contributed by atoms with Gasteiger partial charge in [0, 0.05) is 18.2 Å². The van der Waals surface area contributed by atoms with Crippen LogP contribution >= 0.6 is 0 Å². The van der Waals surface area contributed by atoms with Crippen molar-refractivity contribution >= 4 is 10.0 Å². The molecule has 0 fully saturated rings. The SMILES string of the molecule is CCNS(=O)(=O)c1cc(-c2ccnn2-c2ccccc2C)c(OC)cc1OC. The fourth-order valence-electron chi connectivity index (χ4n) is 3.05. The standard InChI is InChI=1S/C20H23N3O4S/c1-5-22-28(24,25)20-12-15(18(26-3)13-19(20)27-4)17-10-11-21-23(17)16-9-7-6-8-14(16)2/h6-13,22H,5H2,1-4H3. The van der Waals surface area contributed by atoms with E-state index in [9.17, 15) is 8.42 Å². The number of hydrogen-bond donors (Lipinski definition) is 1. The Hall–Kier alpha value is -2.84. The van der Waals surface area contributed by atoms with Gasteiger partial charge < -0.3 is 9.47 Å². The van der Waals surface area contributed by atoms with E-state index in [1.165, 1.54) is 14.2 Å². The van der Waals surface area contributed by atoms with Crippen LogP contribution in [-0.2, 0) is 10.0 Å². The van der Waals surface area contributed by atoms with Crippen molar-refractivity contribution in [2.75, 3.05) is 20.8 Å². The maximum Gasteiger partial charge on any atom is 0.244 e. The Labute approximate surface area is 165 Å². The van der Waals surface area contributed by atoms with E-state index in [1.807, 2.05) is 37.3 Å². The molecule has 0 aliphatic carbocycles. The molecule has 0 unspecified atom stereocenters. The second-order valence-electron chi connectivity index (χ2n) is 6.12. The predicted molar refractivity (Wildman–Crippen MR) is 108 cm³/mol. The number of para-hydroxylation sites is 1. The van der Waals surface area contributed by atoms with E-state index in [4.69, 9.17) is 9.47 Å². The average Bonchev–Trinajstić information content (AvgIpc) is 3.16. The van der Waals surface area contributed by atoms with E-state index in [-0.39, 0.29) is 17.2 Å². The van der Waals surface area contributed by atoms with Crippen molar-refractivity contribution in [3.63, 3.8) is 0 Å². The normalized spacial score (nSPS) is 11.4. The highest BCUT2D eigenvalue weighted by atomic mass is 32.2. The zero-order chi connectivity index (χ0) is 20.3. The number of aromatic nitrogens is 2. The third kappa shape index (κ3) is 3.61. The van der Waals surface area contributed by atoms with Gasteiger partial charge in [-0.15, -0.1) is 0 Å². The summed E-state index contributed by atoms with van der Waals surface area (Å²) < 4.78 is 40.5. The van der Waals surface area contributed by atoms with Crippen LogP contribution in [-0.4, -0.2) is 39.0 Å². The minimum Gasteiger partial charge on any atom is -0.496 e. The first-order valence-electron chi connectivity index (χ1n) is 8.79. The molecule has 148 valence electrons. The molecule has 3 aromatic rings. The third-order valence-electron chi connectivity index (χ3n) is 4.37. The van der Waals surface area contributed by atoms with E-state index < -0.39 is 10.0 Å². The summed E-state index contributed by atoms with van der Waals surface area (Å²) in [4.78, 5) is 0.0465. The second-order valence-corrected chi connectivity index (χ2v) is 7.85. The highest BCUT2D eigenvalue weighted by Gasteiger charge is 2.24. The molecule has 0 atom stereocenters. The molecule has 0 saturated heterocycles. The van der Waals surface area contributed by atoms with E-state index in [2.05, 4.69) is 9.82 Å². The van der Waals surface area contributed by atoms with Crippen LogP contribution in [0.4, 0.5) is 0 Å². The summed E-state index contributed by atoms with van der Waals surface area (Å²) in [6.07, 6.45) is 1.67. The molecular weight excluding hydrogens is 378 g/mol. The molecule has 2 aromatic carbocycles. The molecule has 0 radical (unpaired) electrons. The van der Waals surface area contributed by atoms with Crippen LogP contribution in [0.3, 0.4) is 0 Å². The summed E-state index contributed by atoms with van der Waals surface area (Å²) in [5.74, 6) is 0.700. The van der Waals surface area contributed by atoms with Gasteiger partial charge in [0.15, 0.2) is 0 Å². The Kier molecular flexibility index (Phi) is 5.71. The lowest BCUT2D eigenvalue weighted by Gasteiger charge is -2.17. The third-order valence-corrected chi connectivity index (χ3v) is 5.94. The molecule has 0 aliphatic heterocycles. The number of sulfonamides is 1. The summed E-state index contributed by atoms with van der Waals surface area (Å²) >= 11 is 0. The minimum absolute atomic E-state index is 0.0465. The smallest absolute Gasteiger partial charge is 0.244 e. The molecule has 3 rings (SSSR count). The van der Waals surface area contributed by atoms with E-state index in [0.29, 0.717) is 17.0 Å². The fourth-order valence-corrected chi connectivity index (χ4v) is 4.26. The number of hydrogen-bond acceptors (Lipinski definition) is 5. The first-order chi connectivity index (χ1) is 13.4. The van der Waals surface area contributed by atoms with Gasteiger partial charge in [0.25, 0.3) is 0 Å². The van der Waals surface area contributed by atoms with Gasteiger partial charge in [-0.1, -0.05) is 25.1 Å². The number of aryl methyl sites for hydroxylation is 1. The van der Waals surface area contributed by atoms with Crippen LogP contribution in [0.15, 0.2) is 53.6 Å². The van der Waals surface area contributed by atoms with E-state index in [0.717, 1.165) is 11.3 Å². The Bertz CT molecular complexity index is 1090. The zero-order valence-corrected chi connectivity index (χ0v) is 17.1. The molecule has 7 nitrogen and oxygen atoms in total. The lowest BCUT2D eigenvalue weighted by molar-refractivity contribution is 0.386. The van der Waals surface area contributed by atoms with Crippen molar-refractivity contribution in [2.24, 2.45) is 0 Å². The minimum atomic E-state index is -3.74. The molecule has 8 heteroatoms. The van der Waals surface area contributed by atoms with Gasteiger partial charge in [0.05, 0.1) is 31.8 Å². The highest BCUT2D eigenvalue weighted by Crippen LogP contribution is 2.38. The predicted octanol–water partition coefficient (Wildman–Crippen LogP) is 3.16. The van der Waals surface area contributed by atoms with Gasteiger partial charge in [0.2, 0.25) is 10.0 Å². The fraction of sp³-hybridized carbons (Fsp3) is 0.250. The Morgan fingerprint density at radius 1 is 1.07 bits per heavy atom. The van der Waals surface area contributed by atoms with Crippen LogP contribution in [0.25, 0.3) is 16.9 Å². The van der Waals surface area contributed by atoms with Crippen molar-refractivity contribution in [1.82, 2.24) is 14.5 Å². The summed E-state index contributed by atoms with van der Waals surface area (Å²) in [5.41, 5.74) is 3.25. The molecular formula is C20H23N3O4S. The number of ether oxygens (including phenoxy) is 2. The van der Waals surface area contributed by atoms with Gasteiger partial charge in [-0.25, -0.2) is 17.8 Å². The highest BCUT2D eigenvalue weighted by molar-refractivity contribution is 7.89. The van der Waals surface area contributed by atoms with E-state index in [1.54, 1.807) is 29.9 Å². The number of nitrogens with one attached hydrogen (secondary N) is 1. The van der Waals surface area contributed by atoms with Gasteiger partial charge in [-0.3, -0.25) is 0 Å². The van der Waals surface area contributed by atoms with Gasteiger partial charge in [-0.05, 0) is 30.7 Å². The monoisotopic (exact) mass is 401 g/mol. The Morgan fingerprint density at radius 3 is 2.43 bits per heavy atom. The number of nitrogens with zero attached hydrogens (tertiary/aromatic N) is 2. The number of rotatable bonds is 7. The van der Waals surface area contributed by atoms with Gasteiger partial charge in [-0.2, -0.15) is 5.10 Å². The van der Waals surface area contributed by atoms with Crippen LogP contribution in [0.1, 0.15) is 12.5 Å². The quantitative estimate of drug-likeness (QED) is 0.658. The largest absolute Gasteiger partial charge is 0.496 e. The lowest BCUT2D eigenvalue weighted by atomic mass is 10.1. The molecule has 0 saturated carbocycles. The molecule has 1 aromatic heterocycles. The molecule has 0 bridgehead atoms. The molecule has 0 spiro atoms. The van der Waals surface area contributed by atoms with Gasteiger partial charge >= 0.3 is 0 Å². The van der Waals surface area contributed by atoms with Crippen molar-refractivity contribution < 1.29 is 17.9 Å². The summed E-state index contributed by atoms with van der Waals surface area (Å²) in [7, 11) is -0.777. The van der Waals surface area contributed by atoms with Gasteiger partial charge in [0.1, 0.15) is 16.4 Å². The zero-order valence-electron chi connectivity index (χ0n) is 16.3. The second kappa shape index (κ2) is 8.04. The maximum absolute atomic E-state index is 12.7. The number of benzene rings is 2. The molecule has 0 amide bonds. The molecule has 0 aliphatic rings. The number of methoxy groups -OCH3 is 2.